The van der Waals surface area contributed by atoms with Crippen molar-refractivity contribution < 1.29 is 0 Å². The fourth-order valence-electron chi connectivity index (χ4n) is 2.37. The Kier molecular flexibility index (Phi) is 2.88. The molecule has 1 fully saturated rings. The third-order valence-corrected chi connectivity index (χ3v) is 3.48. The van der Waals surface area contributed by atoms with Gasteiger partial charge >= 0.3 is 0 Å². The van der Waals surface area contributed by atoms with Crippen molar-refractivity contribution in [2.24, 2.45) is 5.73 Å². The molecular weight excluding hydrogens is 224 g/mol. The first-order chi connectivity index (χ1) is 8.75. The van der Waals surface area contributed by atoms with Crippen molar-refractivity contribution in [2.75, 3.05) is 0 Å². The summed E-state index contributed by atoms with van der Waals surface area (Å²) in [5, 5.41) is 8.46. The van der Waals surface area contributed by atoms with Gasteiger partial charge in [-0.1, -0.05) is 30.3 Å². The lowest BCUT2D eigenvalue weighted by atomic mass is 10.0. The summed E-state index contributed by atoms with van der Waals surface area (Å²) < 4.78 is 2.25. The third-order valence-electron chi connectivity index (χ3n) is 3.48. The monoisotopic (exact) mass is 242 g/mol. The molecule has 1 atom stereocenters. The van der Waals surface area contributed by atoms with Crippen molar-refractivity contribution >= 4 is 0 Å². The number of nitrogens with zero attached hydrogens (tertiary/aromatic N) is 3. The molecule has 4 heteroatoms. The Morgan fingerprint density at radius 3 is 2.67 bits per heavy atom. The number of benzene rings is 1. The number of hydrogen-bond acceptors (Lipinski definition) is 3. The normalized spacial score (nSPS) is 16.8. The van der Waals surface area contributed by atoms with E-state index in [0.717, 1.165) is 23.6 Å². The van der Waals surface area contributed by atoms with E-state index in [1.807, 2.05) is 25.1 Å². The first-order valence-corrected chi connectivity index (χ1v) is 6.46. The number of aromatic nitrogens is 3. The number of aryl methyl sites for hydroxylation is 1. The van der Waals surface area contributed by atoms with Gasteiger partial charge in [-0.25, -0.2) is 0 Å². The van der Waals surface area contributed by atoms with Gasteiger partial charge in [0.25, 0.3) is 0 Å². The van der Waals surface area contributed by atoms with E-state index in [2.05, 4.69) is 26.9 Å². The lowest BCUT2D eigenvalue weighted by Gasteiger charge is -2.13. The molecule has 0 bridgehead atoms. The minimum absolute atomic E-state index is 0.00713. The van der Waals surface area contributed by atoms with E-state index in [1.54, 1.807) is 0 Å². The Hall–Kier alpha value is -1.68. The van der Waals surface area contributed by atoms with Gasteiger partial charge in [0.2, 0.25) is 0 Å². The van der Waals surface area contributed by atoms with Crippen LogP contribution in [0.1, 0.15) is 42.1 Å². The van der Waals surface area contributed by atoms with Crippen LogP contribution >= 0.6 is 0 Å². The molecule has 1 unspecified atom stereocenters. The largest absolute Gasteiger partial charge is 0.324 e. The molecule has 94 valence electrons. The van der Waals surface area contributed by atoms with E-state index in [-0.39, 0.29) is 6.04 Å². The van der Waals surface area contributed by atoms with Crippen molar-refractivity contribution in [1.29, 1.82) is 0 Å². The predicted octanol–water partition coefficient (Wildman–Crippen LogP) is 2.16. The van der Waals surface area contributed by atoms with Crippen LogP contribution in [0.15, 0.2) is 30.3 Å². The third kappa shape index (κ3) is 2.16. The first-order valence-electron chi connectivity index (χ1n) is 6.46. The quantitative estimate of drug-likeness (QED) is 0.893. The average Bonchev–Trinajstić information content (AvgIpc) is 3.16. The van der Waals surface area contributed by atoms with E-state index < -0.39 is 0 Å². The molecular formula is C14H18N4. The van der Waals surface area contributed by atoms with Crippen molar-refractivity contribution in [3.63, 3.8) is 0 Å². The van der Waals surface area contributed by atoms with E-state index in [9.17, 15) is 0 Å². The van der Waals surface area contributed by atoms with Crippen LogP contribution in [0.5, 0.6) is 0 Å². The summed E-state index contributed by atoms with van der Waals surface area (Å²) in [6.45, 7) is 2.02. The van der Waals surface area contributed by atoms with Crippen molar-refractivity contribution in [1.82, 2.24) is 14.8 Å². The van der Waals surface area contributed by atoms with Gasteiger partial charge < -0.3 is 10.3 Å². The van der Waals surface area contributed by atoms with Gasteiger partial charge in [0.1, 0.15) is 11.6 Å². The molecule has 1 aliphatic rings. The SMILES string of the molecule is Cc1nnc(CC(N)c2ccccc2)n1C1CC1. The topological polar surface area (TPSA) is 56.7 Å². The zero-order chi connectivity index (χ0) is 12.5. The summed E-state index contributed by atoms with van der Waals surface area (Å²) in [7, 11) is 0. The van der Waals surface area contributed by atoms with Crippen LogP contribution < -0.4 is 5.73 Å². The molecule has 1 aromatic carbocycles. The van der Waals surface area contributed by atoms with Crippen LogP contribution in [0.4, 0.5) is 0 Å². The smallest absolute Gasteiger partial charge is 0.135 e. The molecule has 0 amide bonds. The Morgan fingerprint density at radius 2 is 2.00 bits per heavy atom. The fraction of sp³-hybridized carbons (Fsp3) is 0.429. The second kappa shape index (κ2) is 4.53. The molecule has 0 saturated heterocycles. The second-order valence-corrected chi connectivity index (χ2v) is 4.99. The van der Waals surface area contributed by atoms with Crippen LogP contribution in [0.3, 0.4) is 0 Å². The molecule has 18 heavy (non-hydrogen) atoms. The standard InChI is InChI=1S/C14H18N4/c1-10-16-17-14(18(10)12-7-8-12)9-13(15)11-5-3-2-4-6-11/h2-6,12-13H,7-9,15H2,1H3. The molecule has 0 radical (unpaired) electrons. The molecule has 1 saturated carbocycles. The highest BCUT2D eigenvalue weighted by Gasteiger charge is 2.28. The number of rotatable bonds is 4. The minimum atomic E-state index is -0.00713. The summed E-state index contributed by atoms with van der Waals surface area (Å²) in [6, 6.07) is 10.8. The molecule has 0 spiro atoms. The Morgan fingerprint density at radius 1 is 1.28 bits per heavy atom. The highest BCUT2D eigenvalue weighted by atomic mass is 15.3. The number of nitrogens with two attached hydrogens (primary N) is 1. The number of hydrogen-bond donors (Lipinski definition) is 1. The van der Waals surface area contributed by atoms with E-state index in [4.69, 9.17) is 5.73 Å². The highest BCUT2D eigenvalue weighted by Crippen LogP contribution is 2.36. The van der Waals surface area contributed by atoms with Gasteiger partial charge in [-0.2, -0.15) is 0 Å². The van der Waals surface area contributed by atoms with Crippen LogP contribution in [0.25, 0.3) is 0 Å². The Bertz CT molecular complexity index is 528. The molecule has 0 aliphatic heterocycles. The molecule has 1 aliphatic carbocycles. The molecule has 2 N–H and O–H groups in total. The van der Waals surface area contributed by atoms with Crippen LogP contribution in [-0.2, 0) is 6.42 Å². The van der Waals surface area contributed by atoms with Gasteiger partial charge in [0.05, 0.1) is 0 Å². The van der Waals surface area contributed by atoms with Gasteiger partial charge in [-0.15, -0.1) is 10.2 Å². The molecule has 3 rings (SSSR count). The second-order valence-electron chi connectivity index (χ2n) is 4.99. The fourth-order valence-corrected chi connectivity index (χ4v) is 2.37. The van der Waals surface area contributed by atoms with Gasteiger partial charge in [-0.3, -0.25) is 0 Å². The van der Waals surface area contributed by atoms with Crippen LogP contribution in [0.2, 0.25) is 0 Å². The maximum Gasteiger partial charge on any atom is 0.135 e. The predicted molar refractivity (Wildman–Crippen MR) is 70.1 cm³/mol. The van der Waals surface area contributed by atoms with Crippen molar-refractivity contribution in [3.8, 4) is 0 Å². The summed E-state index contributed by atoms with van der Waals surface area (Å²) in [5.41, 5.74) is 7.40. The van der Waals surface area contributed by atoms with Crippen molar-refractivity contribution in [3.05, 3.63) is 47.5 Å². The minimum Gasteiger partial charge on any atom is -0.324 e. The molecule has 2 aromatic rings. The van der Waals surface area contributed by atoms with Crippen LogP contribution in [-0.4, -0.2) is 14.8 Å². The lowest BCUT2D eigenvalue weighted by molar-refractivity contribution is 0.611. The molecule has 4 nitrogen and oxygen atoms in total. The Labute approximate surface area is 107 Å². The summed E-state index contributed by atoms with van der Waals surface area (Å²) in [6.07, 6.45) is 3.24. The zero-order valence-corrected chi connectivity index (χ0v) is 10.6. The Balaban J connectivity index is 1.80. The zero-order valence-electron chi connectivity index (χ0n) is 10.6. The molecule has 1 heterocycles. The first kappa shape index (κ1) is 11.4. The van der Waals surface area contributed by atoms with E-state index >= 15 is 0 Å². The average molecular weight is 242 g/mol. The van der Waals surface area contributed by atoms with Crippen LogP contribution in [0, 0.1) is 6.92 Å². The van der Waals surface area contributed by atoms with Crippen molar-refractivity contribution in [2.45, 2.75) is 38.3 Å². The summed E-state index contributed by atoms with van der Waals surface area (Å²) in [5.74, 6) is 2.03. The summed E-state index contributed by atoms with van der Waals surface area (Å²) >= 11 is 0. The molecule has 1 aromatic heterocycles. The summed E-state index contributed by atoms with van der Waals surface area (Å²) in [4.78, 5) is 0. The van der Waals surface area contributed by atoms with Gasteiger partial charge in [0.15, 0.2) is 0 Å². The van der Waals surface area contributed by atoms with E-state index in [0.29, 0.717) is 6.04 Å². The maximum absolute atomic E-state index is 6.24. The highest BCUT2D eigenvalue weighted by molar-refractivity contribution is 5.20. The maximum atomic E-state index is 6.24. The lowest BCUT2D eigenvalue weighted by Crippen LogP contribution is -2.16. The van der Waals surface area contributed by atoms with E-state index in [1.165, 1.54) is 12.8 Å². The van der Waals surface area contributed by atoms with Gasteiger partial charge in [0, 0.05) is 18.5 Å². The van der Waals surface area contributed by atoms with Gasteiger partial charge in [-0.05, 0) is 25.3 Å².